The number of aliphatic hydroxyl groups is 1. The predicted molar refractivity (Wildman–Crippen MR) is 92.3 cm³/mol. The lowest BCUT2D eigenvalue weighted by Gasteiger charge is -2.26. The van der Waals surface area contributed by atoms with Gasteiger partial charge in [0.1, 0.15) is 6.10 Å². The van der Waals surface area contributed by atoms with E-state index in [0.29, 0.717) is 17.8 Å². The monoisotopic (exact) mass is 395 g/mol. The van der Waals surface area contributed by atoms with Gasteiger partial charge in [-0.05, 0) is 48.6 Å². The van der Waals surface area contributed by atoms with Gasteiger partial charge in [-0.2, -0.15) is 0 Å². The number of rotatable bonds is 3. The topological polar surface area (TPSA) is 41.9 Å². The highest BCUT2D eigenvalue weighted by Crippen LogP contribution is 2.36. The molecule has 2 aliphatic heterocycles. The summed E-state index contributed by atoms with van der Waals surface area (Å²) in [6.45, 7) is 2.07. The second-order valence-corrected chi connectivity index (χ2v) is 7.26. The number of anilines is 1. The zero-order chi connectivity index (χ0) is 16.7. The van der Waals surface area contributed by atoms with E-state index in [1.165, 1.54) is 12.8 Å². The fourth-order valence-electron chi connectivity index (χ4n) is 3.53. The number of hydrogen-bond acceptors (Lipinski definition) is 4. The van der Waals surface area contributed by atoms with Crippen LogP contribution in [0.1, 0.15) is 18.4 Å². The summed E-state index contributed by atoms with van der Waals surface area (Å²) in [6, 6.07) is 6.12. The molecule has 0 bridgehead atoms. The standard InChI is InChI=1S/C18H19BrFNO3/c19-13-4-3-11(14(9-13)21-5-1-2-6-21)7-12-8-15-18(24-10-23-15)16(20)17(12)22/h3-4,8-9,16-17,22H,1-2,5-7,10H2/t16-,17?/m1/s1. The third-order valence-electron chi connectivity index (χ3n) is 4.78. The van der Waals surface area contributed by atoms with Gasteiger partial charge in [0, 0.05) is 23.2 Å². The highest BCUT2D eigenvalue weighted by atomic mass is 79.9. The molecule has 1 fully saturated rings. The minimum atomic E-state index is -1.56. The molecular weight excluding hydrogens is 377 g/mol. The van der Waals surface area contributed by atoms with E-state index in [-0.39, 0.29) is 12.6 Å². The van der Waals surface area contributed by atoms with Gasteiger partial charge in [0.2, 0.25) is 6.79 Å². The van der Waals surface area contributed by atoms with Crippen LogP contribution in [-0.4, -0.2) is 37.3 Å². The average Bonchev–Trinajstić information content (AvgIpc) is 3.25. The molecule has 3 aliphatic rings. The quantitative estimate of drug-likeness (QED) is 0.850. The van der Waals surface area contributed by atoms with E-state index in [0.717, 1.165) is 28.8 Å². The molecule has 2 heterocycles. The van der Waals surface area contributed by atoms with E-state index < -0.39 is 12.3 Å². The summed E-state index contributed by atoms with van der Waals surface area (Å²) in [5.41, 5.74) is 2.85. The molecule has 1 N–H and O–H groups in total. The third-order valence-corrected chi connectivity index (χ3v) is 5.28. The molecule has 1 unspecified atom stereocenters. The lowest BCUT2D eigenvalue weighted by molar-refractivity contribution is 0.0421. The minimum absolute atomic E-state index is 0.0128. The van der Waals surface area contributed by atoms with Crippen LogP contribution >= 0.6 is 15.9 Å². The van der Waals surface area contributed by atoms with Crippen LogP contribution in [0.15, 0.2) is 45.8 Å². The molecule has 4 nitrogen and oxygen atoms in total. The van der Waals surface area contributed by atoms with Gasteiger partial charge in [-0.25, -0.2) is 4.39 Å². The summed E-state index contributed by atoms with van der Waals surface area (Å²) in [4.78, 5) is 2.35. The highest BCUT2D eigenvalue weighted by molar-refractivity contribution is 9.10. The summed E-state index contributed by atoms with van der Waals surface area (Å²) < 4.78 is 25.8. The maximum atomic E-state index is 14.4. The maximum absolute atomic E-state index is 14.4. The van der Waals surface area contributed by atoms with E-state index in [4.69, 9.17) is 9.47 Å². The first-order chi connectivity index (χ1) is 11.6. The van der Waals surface area contributed by atoms with Gasteiger partial charge in [-0.1, -0.05) is 22.0 Å². The van der Waals surface area contributed by atoms with Crippen molar-refractivity contribution in [2.24, 2.45) is 0 Å². The summed E-state index contributed by atoms with van der Waals surface area (Å²) in [5, 5.41) is 10.3. The second kappa shape index (κ2) is 6.41. The van der Waals surface area contributed by atoms with E-state index in [1.54, 1.807) is 6.08 Å². The first kappa shape index (κ1) is 16.0. The molecule has 1 saturated heterocycles. The van der Waals surface area contributed by atoms with Crippen LogP contribution < -0.4 is 4.90 Å². The number of alkyl halides is 1. The van der Waals surface area contributed by atoms with Crippen molar-refractivity contribution in [3.63, 3.8) is 0 Å². The number of halogens is 2. The van der Waals surface area contributed by atoms with Gasteiger partial charge in [-0.15, -0.1) is 0 Å². The summed E-state index contributed by atoms with van der Waals surface area (Å²) in [7, 11) is 0. The van der Waals surface area contributed by atoms with E-state index >= 15 is 0 Å². The molecule has 1 aliphatic carbocycles. The van der Waals surface area contributed by atoms with Crippen molar-refractivity contribution < 1.29 is 19.0 Å². The molecule has 0 amide bonds. The Morgan fingerprint density at radius 2 is 2.04 bits per heavy atom. The average molecular weight is 396 g/mol. The maximum Gasteiger partial charge on any atom is 0.230 e. The zero-order valence-corrected chi connectivity index (χ0v) is 14.8. The Labute approximate surface area is 148 Å². The van der Waals surface area contributed by atoms with Crippen LogP contribution in [0.25, 0.3) is 0 Å². The molecule has 2 atom stereocenters. The largest absolute Gasteiger partial charge is 0.455 e. The van der Waals surface area contributed by atoms with Crippen LogP contribution in [0.5, 0.6) is 0 Å². The molecule has 128 valence electrons. The van der Waals surface area contributed by atoms with Gasteiger partial charge < -0.3 is 19.5 Å². The second-order valence-electron chi connectivity index (χ2n) is 6.34. The normalized spacial score (nSPS) is 26.1. The highest BCUT2D eigenvalue weighted by Gasteiger charge is 2.37. The Balaban J connectivity index is 1.65. The lowest BCUT2D eigenvalue weighted by atomic mass is 9.91. The fourth-order valence-corrected chi connectivity index (χ4v) is 3.88. The van der Waals surface area contributed by atoms with Crippen LogP contribution in [0.3, 0.4) is 0 Å². The van der Waals surface area contributed by atoms with Gasteiger partial charge in [0.05, 0.1) is 0 Å². The molecule has 0 spiro atoms. The van der Waals surface area contributed by atoms with Crippen molar-refractivity contribution in [2.75, 3.05) is 24.8 Å². The number of nitrogens with zero attached hydrogens (tertiary/aromatic N) is 1. The molecule has 1 aromatic rings. The summed E-state index contributed by atoms with van der Waals surface area (Å²) in [5.74, 6) is 0.518. The van der Waals surface area contributed by atoms with E-state index in [9.17, 15) is 9.50 Å². The fraction of sp³-hybridized carbons (Fsp3) is 0.444. The molecule has 4 rings (SSSR count). The molecule has 0 saturated carbocycles. The Hall–Kier alpha value is -1.53. The van der Waals surface area contributed by atoms with Crippen molar-refractivity contribution in [2.45, 2.75) is 31.5 Å². The molecule has 6 heteroatoms. The van der Waals surface area contributed by atoms with Gasteiger partial charge >= 0.3 is 0 Å². The van der Waals surface area contributed by atoms with Crippen molar-refractivity contribution in [1.29, 1.82) is 0 Å². The van der Waals surface area contributed by atoms with Gasteiger partial charge in [0.15, 0.2) is 17.7 Å². The van der Waals surface area contributed by atoms with Crippen molar-refractivity contribution in [3.8, 4) is 0 Å². The first-order valence-electron chi connectivity index (χ1n) is 8.19. The minimum Gasteiger partial charge on any atom is -0.455 e. The number of benzene rings is 1. The van der Waals surface area contributed by atoms with Crippen molar-refractivity contribution in [1.82, 2.24) is 0 Å². The van der Waals surface area contributed by atoms with Crippen LogP contribution in [0.4, 0.5) is 10.1 Å². The Morgan fingerprint density at radius 1 is 1.25 bits per heavy atom. The molecule has 24 heavy (non-hydrogen) atoms. The van der Waals surface area contributed by atoms with E-state index in [2.05, 4.69) is 26.9 Å². The molecule has 1 aromatic carbocycles. The van der Waals surface area contributed by atoms with Crippen molar-refractivity contribution >= 4 is 21.6 Å². The smallest absolute Gasteiger partial charge is 0.230 e. The number of aliphatic hydroxyl groups excluding tert-OH is 1. The van der Waals surface area contributed by atoms with Crippen LogP contribution in [-0.2, 0) is 15.9 Å². The SMILES string of the molecule is OC1C(Cc2ccc(Br)cc2N2CCCC2)=CC2=C(OCO2)[C@@H]1F. The number of ether oxygens (including phenoxy) is 2. The zero-order valence-electron chi connectivity index (χ0n) is 13.2. The predicted octanol–water partition coefficient (Wildman–Crippen LogP) is 3.45. The van der Waals surface area contributed by atoms with Gasteiger partial charge in [0.25, 0.3) is 0 Å². The Kier molecular flexibility index (Phi) is 4.26. The van der Waals surface area contributed by atoms with Crippen LogP contribution in [0, 0.1) is 0 Å². The summed E-state index contributed by atoms with van der Waals surface area (Å²) in [6.07, 6.45) is 1.82. The first-order valence-corrected chi connectivity index (χ1v) is 8.98. The van der Waals surface area contributed by atoms with Crippen LogP contribution in [0.2, 0.25) is 0 Å². The molecule has 0 aromatic heterocycles. The van der Waals surface area contributed by atoms with Crippen molar-refractivity contribution in [3.05, 3.63) is 51.4 Å². The summed E-state index contributed by atoms with van der Waals surface area (Å²) >= 11 is 3.53. The number of allylic oxidation sites excluding steroid dienone is 1. The number of hydrogen-bond donors (Lipinski definition) is 1. The van der Waals surface area contributed by atoms with E-state index in [1.807, 2.05) is 12.1 Å². The lowest BCUT2D eigenvalue weighted by Crippen LogP contribution is -2.30. The Bertz CT molecular complexity index is 712. The van der Waals surface area contributed by atoms with Gasteiger partial charge in [-0.3, -0.25) is 0 Å². The molecular formula is C18H19BrFNO3. The Morgan fingerprint density at radius 3 is 2.83 bits per heavy atom. The third kappa shape index (κ3) is 2.82. The molecule has 0 radical (unpaired) electrons.